The van der Waals surface area contributed by atoms with Crippen LogP contribution in [0.3, 0.4) is 0 Å². The minimum atomic E-state index is -3.55. The molecule has 0 fully saturated rings. The van der Waals surface area contributed by atoms with Gasteiger partial charge in [-0.1, -0.05) is 22.9 Å². The molecule has 1 N–H and O–H groups in total. The Morgan fingerprint density at radius 3 is 2.74 bits per heavy atom. The van der Waals surface area contributed by atoms with E-state index in [9.17, 15) is 8.42 Å². The molecule has 0 aliphatic rings. The van der Waals surface area contributed by atoms with Crippen LogP contribution in [0, 0.1) is 6.92 Å². The highest BCUT2D eigenvalue weighted by atomic mass is 79.9. The lowest BCUT2D eigenvalue weighted by Crippen LogP contribution is -2.12. The maximum absolute atomic E-state index is 12.2. The first-order valence-electron chi connectivity index (χ1n) is 5.66. The third kappa shape index (κ3) is 3.34. The molecule has 0 saturated carbocycles. The van der Waals surface area contributed by atoms with E-state index < -0.39 is 10.0 Å². The van der Waals surface area contributed by atoms with Crippen molar-refractivity contribution in [3.63, 3.8) is 0 Å². The summed E-state index contributed by atoms with van der Waals surface area (Å²) in [6.45, 7) is 3.76. The molecule has 7 heteroatoms. The standard InChI is InChI=1S/C12H13BrN2O2S2/c1-3-9-6-10(13)4-5-11(9)15-19(16,17)12-7-14-8(2)18-12/h4-7,15H,3H2,1-2H3. The topological polar surface area (TPSA) is 59.1 Å². The Kier molecular flexibility index (Phi) is 4.27. The summed E-state index contributed by atoms with van der Waals surface area (Å²) in [7, 11) is -3.55. The van der Waals surface area contributed by atoms with Crippen LogP contribution in [0.1, 0.15) is 17.5 Å². The number of halogens is 1. The van der Waals surface area contributed by atoms with Crippen LogP contribution in [-0.2, 0) is 16.4 Å². The first-order valence-corrected chi connectivity index (χ1v) is 8.75. The van der Waals surface area contributed by atoms with Crippen molar-refractivity contribution < 1.29 is 8.42 Å². The molecule has 0 atom stereocenters. The van der Waals surface area contributed by atoms with E-state index in [2.05, 4.69) is 25.6 Å². The molecule has 0 bridgehead atoms. The SMILES string of the molecule is CCc1cc(Br)ccc1NS(=O)(=O)c1cnc(C)s1. The fraction of sp³-hybridized carbons (Fsp3) is 0.250. The van der Waals surface area contributed by atoms with E-state index in [1.807, 2.05) is 19.1 Å². The fourth-order valence-electron chi connectivity index (χ4n) is 1.62. The number of benzene rings is 1. The molecule has 102 valence electrons. The lowest BCUT2D eigenvalue weighted by atomic mass is 10.1. The Morgan fingerprint density at radius 1 is 1.42 bits per heavy atom. The summed E-state index contributed by atoms with van der Waals surface area (Å²) >= 11 is 4.54. The number of nitrogens with zero attached hydrogens (tertiary/aromatic N) is 1. The molecule has 19 heavy (non-hydrogen) atoms. The molecule has 1 heterocycles. The largest absolute Gasteiger partial charge is 0.279 e. The van der Waals surface area contributed by atoms with E-state index in [4.69, 9.17) is 0 Å². The van der Waals surface area contributed by atoms with Gasteiger partial charge in [-0.15, -0.1) is 11.3 Å². The predicted molar refractivity (Wildman–Crippen MR) is 81.2 cm³/mol. The van der Waals surface area contributed by atoms with Crippen LogP contribution >= 0.6 is 27.3 Å². The van der Waals surface area contributed by atoms with Crippen molar-refractivity contribution in [2.75, 3.05) is 4.72 Å². The molecule has 1 aromatic carbocycles. The van der Waals surface area contributed by atoms with E-state index in [1.54, 1.807) is 13.0 Å². The molecule has 0 unspecified atom stereocenters. The first kappa shape index (κ1) is 14.5. The Labute approximate surface area is 125 Å². The zero-order valence-corrected chi connectivity index (χ0v) is 13.7. The zero-order valence-electron chi connectivity index (χ0n) is 10.5. The number of hydrogen-bond acceptors (Lipinski definition) is 4. The Hall–Kier alpha value is -0.920. The fourth-order valence-corrected chi connectivity index (χ4v) is 4.23. The Balaban J connectivity index is 2.35. The van der Waals surface area contributed by atoms with Gasteiger partial charge in [-0.05, 0) is 37.1 Å². The first-order chi connectivity index (χ1) is 8.92. The van der Waals surface area contributed by atoms with Crippen LogP contribution in [0.25, 0.3) is 0 Å². The molecule has 2 rings (SSSR count). The summed E-state index contributed by atoms with van der Waals surface area (Å²) in [5, 5.41) is 0.729. The monoisotopic (exact) mass is 360 g/mol. The smallest absolute Gasteiger partial charge is 0.273 e. The van der Waals surface area contributed by atoms with Gasteiger partial charge in [0.2, 0.25) is 0 Å². The number of nitrogens with one attached hydrogen (secondary N) is 1. The minimum Gasteiger partial charge on any atom is -0.279 e. The summed E-state index contributed by atoms with van der Waals surface area (Å²) in [5.41, 5.74) is 1.55. The van der Waals surface area contributed by atoms with Crippen molar-refractivity contribution in [2.24, 2.45) is 0 Å². The molecule has 2 aromatic rings. The summed E-state index contributed by atoms with van der Waals surface area (Å²) in [6.07, 6.45) is 2.13. The van der Waals surface area contributed by atoms with Crippen LogP contribution in [-0.4, -0.2) is 13.4 Å². The molecular formula is C12H13BrN2O2S2. The number of hydrogen-bond donors (Lipinski definition) is 1. The normalized spacial score (nSPS) is 11.5. The molecule has 4 nitrogen and oxygen atoms in total. The van der Waals surface area contributed by atoms with Crippen LogP contribution in [0.5, 0.6) is 0 Å². The van der Waals surface area contributed by atoms with Gasteiger partial charge in [0, 0.05) is 4.47 Å². The number of aryl methyl sites for hydroxylation is 2. The Morgan fingerprint density at radius 2 is 2.16 bits per heavy atom. The van der Waals surface area contributed by atoms with Gasteiger partial charge in [0.05, 0.1) is 16.9 Å². The number of thiazole rings is 1. The van der Waals surface area contributed by atoms with Crippen molar-refractivity contribution in [1.82, 2.24) is 4.98 Å². The van der Waals surface area contributed by atoms with Gasteiger partial charge in [0.15, 0.2) is 4.21 Å². The highest BCUT2D eigenvalue weighted by Gasteiger charge is 2.18. The number of aromatic nitrogens is 1. The molecule has 0 spiro atoms. The maximum Gasteiger partial charge on any atom is 0.273 e. The van der Waals surface area contributed by atoms with Gasteiger partial charge in [-0.2, -0.15) is 0 Å². The maximum atomic E-state index is 12.2. The van der Waals surface area contributed by atoms with Gasteiger partial charge >= 0.3 is 0 Å². The molecule has 0 aliphatic carbocycles. The quantitative estimate of drug-likeness (QED) is 0.906. The van der Waals surface area contributed by atoms with Gasteiger partial charge < -0.3 is 0 Å². The molecule has 0 saturated heterocycles. The number of sulfonamides is 1. The highest BCUT2D eigenvalue weighted by molar-refractivity contribution is 9.10. The predicted octanol–water partition coefficient (Wildman–Crippen LogP) is 3.58. The van der Waals surface area contributed by atoms with Crippen molar-refractivity contribution in [1.29, 1.82) is 0 Å². The van der Waals surface area contributed by atoms with E-state index >= 15 is 0 Å². The van der Waals surface area contributed by atoms with Crippen LogP contribution in [0.15, 0.2) is 33.1 Å². The van der Waals surface area contributed by atoms with E-state index in [0.29, 0.717) is 5.69 Å². The number of anilines is 1. The highest BCUT2D eigenvalue weighted by Crippen LogP contribution is 2.26. The second kappa shape index (κ2) is 5.60. The third-order valence-electron chi connectivity index (χ3n) is 2.56. The van der Waals surface area contributed by atoms with Gasteiger partial charge in [-0.3, -0.25) is 4.72 Å². The summed E-state index contributed by atoms with van der Waals surface area (Å²) in [6, 6.07) is 5.49. The molecule has 1 aromatic heterocycles. The summed E-state index contributed by atoms with van der Waals surface area (Å²) in [4.78, 5) is 3.97. The second-order valence-corrected chi connectivity index (χ2v) is 8.02. The average Bonchev–Trinajstić information content (AvgIpc) is 2.79. The average molecular weight is 361 g/mol. The van der Waals surface area contributed by atoms with E-state index in [0.717, 1.165) is 32.8 Å². The second-order valence-electron chi connectivity index (χ2n) is 3.96. The number of rotatable bonds is 4. The lowest BCUT2D eigenvalue weighted by molar-refractivity contribution is 0.603. The van der Waals surface area contributed by atoms with E-state index in [-0.39, 0.29) is 4.21 Å². The zero-order chi connectivity index (χ0) is 14.0. The third-order valence-corrected chi connectivity index (χ3v) is 5.79. The van der Waals surface area contributed by atoms with Crippen LogP contribution < -0.4 is 4.72 Å². The lowest BCUT2D eigenvalue weighted by Gasteiger charge is -2.10. The van der Waals surface area contributed by atoms with Crippen LogP contribution in [0.4, 0.5) is 5.69 Å². The molecular weight excluding hydrogens is 348 g/mol. The molecule has 0 radical (unpaired) electrons. The van der Waals surface area contributed by atoms with Gasteiger partial charge in [0.25, 0.3) is 10.0 Å². The van der Waals surface area contributed by atoms with Crippen LogP contribution in [0.2, 0.25) is 0 Å². The molecule has 0 amide bonds. The summed E-state index contributed by atoms with van der Waals surface area (Å²) < 4.78 is 28.2. The Bertz CT molecular complexity index is 696. The minimum absolute atomic E-state index is 0.231. The van der Waals surface area contributed by atoms with Gasteiger partial charge in [-0.25, -0.2) is 13.4 Å². The van der Waals surface area contributed by atoms with Gasteiger partial charge in [0.1, 0.15) is 0 Å². The van der Waals surface area contributed by atoms with Crippen molar-refractivity contribution >= 4 is 43.0 Å². The van der Waals surface area contributed by atoms with Crippen molar-refractivity contribution in [3.8, 4) is 0 Å². The van der Waals surface area contributed by atoms with Crippen molar-refractivity contribution in [2.45, 2.75) is 24.5 Å². The molecule has 0 aliphatic heterocycles. The summed E-state index contributed by atoms with van der Waals surface area (Å²) in [5.74, 6) is 0. The van der Waals surface area contributed by atoms with E-state index in [1.165, 1.54) is 6.20 Å². The van der Waals surface area contributed by atoms with Crippen molar-refractivity contribution in [3.05, 3.63) is 39.4 Å².